The van der Waals surface area contributed by atoms with Gasteiger partial charge in [0.05, 0.1) is 5.69 Å². The van der Waals surface area contributed by atoms with E-state index in [-0.39, 0.29) is 0 Å². The second kappa shape index (κ2) is 7.04. The smallest absolute Gasteiger partial charge is 0.370 e. The van der Waals surface area contributed by atoms with Gasteiger partial charge in [0.1, 0.15) is 7.05 Å². The van der Waals surface area contributed by atoms with E-state index in [1.165, 1.54) is 5.56 Å². The second-order valence-electron chi connectivity index (χ2n) is 5.71. The highest BCUT2D eigenvalue weighted by molar-refractivity contribution is 5.52. The Labute approximate surface area is 141 Å². The molecule has 0 atom stereocenters. The van der Waals surface area contributed by atoms with Gasteiger partial charge in [0.2, 0.25) is 0 Å². The molecule has 6 heteroatoms. The number of aryl methyl sites for hydroxylation is 2. The van der Waals surface area contributed by atoms with Crippen molar-refractivity contribution in [3.63, 3.8) is 0 Å². The van der Waals surface area contributed by atoms with Gasteiger partial charge in [-0.3, -0.25) is 0 Å². The molecule has 0 unspecified atom stereocenters. The van der Waals surface area contributed by atoms with E-state index >= 15 is 0 Å². The molecule has 0 aliphatic rings. The maximum atomic E-state index is 4.26. The molecule has 0 saturated carbocycles. The topological polar surface area (TPSA) is 60.5 Å². The number of rotatable bonds is 5. The number of H-pyrrole nitrogens is 1. The Morgan fingerprint density at radius 1 is 1.04 bits per heavy atom. The Morgan fingerprint density at radius 3 is 2.38 bits per heavy atom. The lowest BCUT2D eigenvalue weighted by molar-refractivity contribution is -0.733. The standard InChI is InChI=1S/C18H20N6/c1-14-19-18(22-24(14)3)21-20-16-9-11-17(12-10-16)23(2)13-15-7-5-4-6-8-15/h4-12H,13H2,1-3H3/p+1. The van der Waals surface area contributed by atoms with Crippen molar-refractivity contribution in [1.82, 2.24) is 10.1 Å². The summed E-state index contributed by atoms with van der Waals surface area (Å²) in [6.07, 6.45) is 0. The molecule has 2 aromatic carbocycles. The fraction of sp³-hybridized carbons (Fsp3) is 0.222. The lowest BCUT2D eigenvalue weighted by Gasteiger charge is -2.19. The lowest BCUT2D eigenvalue weighted by Crippen LogP contribution is -2.32. The summed E-state index contributed by atoms with van der Waals surface area (Å²) < 4.78 is 1.80. The Bertz CT molecular complexity index is 801. The van der Waals surface area contributed by atoms with E-state index in [4.69, 9.17) is 0 Å². The maximum absolute atomic E-state index is 4.26. The highest BCUT2D eigenvalue weighted by Gasteiger charge is 2.10. The van der Waals surface area contributed by atoms with E-state index < -0.39 is 0 Å². The van der Waals surface area contributed by atoms with Crippen LogP contribution in [0, 0.1) is 6.92 Å². The Kier molecular flexibility index (Phi) is 4.65. The third-order valence-corrected chi connectivity index (χ3v) is 3.83. The number of hydrogen-bond acceptors (Lipinski definition) is 4. The van der Waals surface area contributed by atoms with E-state index in [1.54, 1.807) is 4.68 Å². The first kappa shape index (κ1) is 15.9. The molecule has 1 heterocycles. The van der Waals surface area contributed by atoms with Gasteiger partial charge in [-0.2, -0.15) is 9.78 Å². The predicted octanol–water partition coefficient (Wildman–Crippen LogP) is 3.59. The molecule has 3 rings (SSSR count). The van der Waals surface area contributed by atoms with E-state index in [2.05, 4.69) is 56.5 Å². The number of nitrogens with one attached hydrogen (secondary N) is 1. The number of aromatic amines is 1. The van der Waals surface area contributed by atoms with Crippen LogP contribution in [0.15, 0.2) is 64.8 Å². The van der Waals surface area contributed by atoms with Crippen LogP contribution < -0.4 is 9.58 Å². The van der Waals surface area contributed by atoms with Gasteiger partial charge in [-0.05, 0) is 29.8 Å². The monoisotopic (exact) mass is 321 g/mol. The van der Waals surface area contributed by atoms with Gasteiger partial charge in [0.15, 0.2) is 0 Å². The molecule has 0 aliphatic carbocycles. The first-order chi connectivity index (χ1) is 11.6. The molecular formula is C18H21N6+. The summed E-state index contributed by atoms with van der Waals surface area (Å²) in [5, 5.41) is 11.3. The molecule has 0 fully saturated rings. The van der Waals surface area contributed by atoms with Crippen LogP contribution in [0.3, 0.4) is 0 Å². The van der Waals surface area contributed by atoms with Crippen molar-refractivity contribution in [3.05, 3.63) is 66.0 Å². The van der Waals surface area contributed by atoms with Crippen LogP contribution >= 0.6 is 0 Å². The van der Waals surface area contributed by atoms with Gasteiger partial charge in [-0.1, -0.05) is 35.4 Å². The molecule has 24 heavy (non-hydrogen) atoms. The number of hydrogen-bond donors (Lipinski definition) is 1. The fourth-order valence-electron chi connectivity index (χ4n) is 2.36. The molecule has 122 valence electrons. The highest BCUT2D eigenvalue weighted by Crippen LogP contribution is 2.21. The Morgan fingerprint density at radius 2 is 1.75 bits per heavy atom. The zero-order valence-corrected chi connectivity index (χ0v) is 14.1. The van der Waals surface area contributed by atoms with Gasteiger partial charge < -0.3 is 4.90 Å². The molecule has 0 radical (unpaired) electrons. The van der Waals surface area contributed by atoms with Crippen LogP contribution in [0.2, 0.25) is 0 Å². The number of azo groups is 1. The first-order valence-electron chi connectivity index (χ1n) is 7.81. The normalized spacial score (nSPS) is 11.1. The zero-order chi connectivity index (χ0) is 16.9. The minimum Gasteiger partial charge on any atom is -0.370 e. The lowest BCUT2D eigenvalue weighted by atomic mass is 10.2. The van der Waals surface area contributed by atoms with E-state index in [0.717, 1.165) is 23.7 Å². The van der Waals surface area contributed by atoms with E-state index in [0.29, 0.717) is 5.95 Å². The van der Waals surface area contributed by atoms with Crippen molar-refractivity contribution in [2.45, 2.75) is 13.5 Å². The minimum absolute atomic E-state index is 0.500. The molecule has 0 aliphatic heterocycles. The highest BCUT2D eigenvalue weighted by atomic mass is 15.4. The summed E-state index contributed by atoms with van der Waals surface area (Å²) in [6, 6.07) is 18.4. The minimum atomic E-state index is 0.500. The molecule has 6 nitrogen and oxygen atoms in total. The molecule has 0 amide bonds. The predicted molar refractivity (Wildman–Crippen MR) is 93.7 cm³/mol. The van der Waals surface area contributed by atoms with Crippen LogP contribution in [-0.2, 0) is 13.6 Å². The van der Waals surface area contributed by atoms with Gasteiger partial charge in [-0.15, -0.1) is 5.11 Å². The van der Waals surface area contributed by atoms with Crippen molar-refractivity contribution in [2.24, 2.45) is 17.3 Å². The van der Waals surface area contributed by atoms with Crippen LogP contribution in [0.5, 0.6) is 0 Å². The summed E-state index contributed by atoms with van der Waals surface area (Å²) >= 11 is 0. The number of anilines is 1. The fourth-order valence-corrected chi connectivity index (χ4v) is 2.36. The van der Waals surface area contributed by atoms with Crippen LogP contribution in [-0.4, -0.2) is 17.1 Å². The van der Waals surface area contributed by atoms with Crippen LogP contribution in [0.4, 0.5) is 17.3 Å². The van der Waals surface area contributed by atoms with E-state index in [9.17, 15) is 0 Å². The quantitative estimate of drug-likeness (QED) is 0.576. The number of aromatic nitrogens is 3. The molecular weight excluding hydrogens is 300 g/mol. The van der Waals surface area contributed by atoms with Crippen molar-refractivity contribution >= 4 is 17.3 Å². The van der Waals surface area contributed by atoms with Crippen molar-refractivity contribution in [3.8, 4) is 0 Å². The SMILES string of the molecule is Cc1nc(N=Nc2ccc(N(C)Cc3ccccc3)cc2)[nH][n+]1C. The van der Waals surface area contributed by atoms with Crippen molar-refractivity contribution in [2.75, 3.05) is 11.9 Å². The summed E-state index contributed by atoms with van der Waals surface area (Å²) in [4.78, 5) is 6.46. The summed E-state index contributed by atoms with van der Waals surface area (Å²) in [5.41, 5.74) is 3.21. The largest absolute Gasteiger partial charge is 0.392 e. The van der Waals surface area contributed by atoms with Crippen molar-refractivity contribution < 1.29 is 4.68 Å². The maximum Gasteiger partial charge on any atom is 0.392 e. The van der Waals surface area contributed by atoms with Gasteiger partial charge in [0, 0.05) is 31.2 Å². The molecule has 0 bridgehead atoms. The van der Waals surface area contributed by atoms with Crippen LogP contribution in [0.25, 0.3) is 0 Å². The molecule has 0 saturated heterocycles. The molecule has 3 aromatic rings. The van der Waals surface area contributed by atoms with Gasteiger partial charge in [-0.25, -0.2) is 0 Å². The molecule has 1 N–H and O–H groups in total. The number of benzene rings is 2. The third-order valence-electron chi connectivity index (χ3n) is 3.83. The zero-order valence-electron chi connectivity index (χ0n) is 14.1. The Hall–Kier alpha value is -3.02. The molecule has 0 spiro atoms. The first-order valence-corrected chi connectivity index (χ1v) is 7.81. The van der Waals surface area contributed by atoms with E-state index in [1.807, 2.05) is 44.3 Å². The number of nitrogens with zero attached hydrogens (tertiary/aromatic N) is 5. The summed E-state index contributed by atoms with van der Waals surface area (Å²) in [5.74, 6) is 1.36. The Balaban J connectivity index is 1.66. The average molecular weight is 321 g/mol. The van der Waals surface area contributed by atoms with Crippen molar-refractivity contribution in [1.29, 1.82) is 0 Å². The molecule has 1 aromatic heterocycles. The van der Waals surface area contributed by atoms with Gasteiger partial charge in [0.25, 0.3) is 0 Å². The second-order valence-corrected chi connectivity index (χ2v) is 5.71. The third kappa shape index (κ3) is 3.84. The van der Waals surface area contributed by atoms with Crippen LogP contribution in [0.1, 0.15) is 11.4 Å². The van der Waals surface area contributed by atoms with Gasteiger partial charge >= 0.3 is 11.8 Å². The average Bonchev–Trinajstić information content (AvgIpc) is 2.92. The summed E-state index contributed by atoms with van der Waals surface area (Å²) in [6.45, 7) is 2.77. The summed E-state index contributed by atoms with van der Waals surface area (Å²) in [7, 11) is 3.97.